The van der Waals surface area contributed by atoms with Gasteiger partial charge in [-0.05, 0) is 34.6 Å². The predicted octanol–water partition coefficient (Wildman–Crippen LogP) is 1.99. The van der Waals surface area contributed by atoms with Gasteiger partial charge in [-0.2, -0.15) is 0 Å². The highest BCUT2D eigenvalue weighted by molar-refractivity contribution is 7.15. The average molecular weight is 298 g/mol. The van der Waals surface area contributed by atoms with Crippen LogP contribution in [0.1, 0.15) is 39.5 Å². The lowest BCUT2D eigenvalue weighted by Crippen LogP contribution is -2.44. The maximum absolute atomic E-state index is 11.7. The Labute approximate surface area is 125 Å². The van der Waals surface area contributed by atoms with E-state index < -0.39 is 0 Å². The summed E-state index contributed by atoms with van der Waals surface area (Å²) in [4.78, 5) is 19.5. The molecule has 0 fully saturated rings. The summed E-state index contributed by atoms with van der Waals surface area (Å²) < 4.78 is 0. The molecule has 0 saturated heterocycles. The molecule has 0 unspecified atom stereocenters. The average Bonchev–Trinajstić information content (AvgIpc) is 2.77. The van der Waals surface area contributed by atoms with Crippen molar-refractivity contribution in [2.75, 3.05) is 24.5 Å². The van der Waals surface area contributed by atoms with Gasteiger partial charge in [0, 0.05) is 36.2 Å². The fraction of sp³-hybridized carbons (Fsp3) is 0.714. The monoisotopic (exact) mass is 298 g/mol. The molecule has 0 aliphatic carbocycles. The summed E-state index contributed by atoms with van der Waals surface area (Å²) in [5.74, 6) is 0.0194. The van der Waals surface area contributed by atoms with E-state index in [1.807, 2.05) is 27.0 Å². The number of hydrogen-bond donors (Lipinski definition) is 2. The molecule has 0 aliphatic rings. The van der Waals surface area contributed by atoms with Crippen LogP contribution in [0.25, 0.3) is 0 Å². The highest BCUT2D eigenvalue weighted by Crippen LogP contribution is 2.21. The minimum atomic E-state index is -0.181. The molecule has 1 amide bonds. The molecule has 20 heavy (non-hydrogen) atoms. The van der Waals surface area contributed by atoms with E-state index in [4.69, 9.17) is 0 Å². The van der Waals surface area contributed by atoms with Crippen molar-refractivity contribution in [2.24, 2.45) is 0 Å². The van der Waals surface area contributed by atoms with Crippen molar-refractivity contribution in [3.8, 4) is 0 Å². The molecule has 6 heteroatoms. The standard InChI is InChI=1S/C14H26N4OS/c1-6-18(7-2)13-16-9-11(20-13)8-15-10-12(19)17-14(3,4)5/h9,15H,6-8,10H2,1-5H3,(H,17,19). The normalized spacial score (nSPS) is 11.4. The summed E-state index contributed by atoms with van der Waals surface area (Å²) in [7, 11) is 0. The quantitative estimate of drug-likeness (QED) is 0.808. The molecule has 0 spiro atoms. The third kappa shape index (κ3) is 5.88. The van der Waals surface area contributed by atoms with Gasteiger partial charge in [-0.3, -0.25) is 4.79 Å². The lowest BCUT2D eigenvalue weighted by Gasteiger charge is -2.20. The Hall–Kier alpha value is -1.14. The maximum atomic E-state index is 11.7. The van der Waals surface area contributed by atoms with Crippen LogP contribution < -0.4 is 15.5 Å². The van der Waals surface area contributed by atoms with Gasteiger partial charge >= 0.3 is 0 Å². The van der Waals surface area contributed by atoms with Crippen molar-refractivity contribution in [1.29, 1.82) is 0 Å². The van der Waals surface area contributed by atoms with Gasteiger partial charge in [0.15, 0.2) is 5.13 Å². The third-order valence-electron chi connectivity index (χ3n) is 2.67. The number of rotatable bonds is 7. The molecule has 0 radical (unpaired) electrons. The highest BCUT2D eigenvalue weighted by Gasteiger charge is 2.13. The molecule has 114 valence electrons. The van der Waals surface area contributed by atoms with Crippen molar-refractivity contribution in [1.82, 2.24) is 15.6 Å². The lowest BCUT2D eigenvalue weighted by atomic mass is 10.1. The molecular formula is C14H26N4OS. The zero-order valence-corrected chi connectivity index (χ0v) is 13.9. The molecule has 0 aromatic carbocycles. The zero-order valence-electron chi connectivity index (χ0n) is 13.1. The first kappa shape index (κ1) is 16.9. The first-order valence-electron chi connectivity index (χ1n) is 7.07. The van der Waals surface area contributed by atoms with Crippen LogP contribution in [0.15, 0.2) is 6.20 Å². The van der Waals surface area contributed by atoms with Gasteiger partial charge in [0.25, 0.3) is 0 Å². The predicted molar refractivity (Wildman–Crippen MR) is 85.3 cm³/mol. The van der Waals surface area contributed by atoms with Gasteiger partial charge in [-0.25, -0.2) is 4.98 Å². The number of anilines is 1. The largest absolute Gasteiger partial charge is 0.350 e. The van der Waals surface area contributed by atoms with Gasteiger partial charge in [-0.1, -0.05) is 0 Å². The van der Waals surface area contributed by atoms with Crippen molar-refractivity contribution in [3.05, 3.63) is 11.1 Å². The van der Waals surface area contributed by atoms with Crippen molar-refractivity contribution in [3.63, 3.8) is 0 Å². The fourth-order valence-electron chi connectivity index (χ4n) is 1.78. The van der Waals surface area contributed by atoms with Crippen LogP contribution in [0.3, 0.4) is 0 Å². The van der Waals surface area contributed by atoms with E-state index in [2.05, 4.69) is 34.4 Å². The van der Waals surface area contributed by atoms with E-state index in [-0.39, 0.29) is 11.4 Å². The van der Waals surface area contributed by atoms with Crippen LogP contribution in [0.2, 0.25) is 0 Å². The van der Waals surface area contributed by atoms with E-state index in [9.17, 15) is 4.79 Å². The topological polar surface area (TPSA) is 57.3 Å². The smallest absolute Gasteiger partial charge is 0.234 e. The van der Waals surface area contributed by atoms with E-state index >= 15 is 0 Å². The molecule has 0 atom stereocenters. The molecule has 0 aliphatic heterocycles. The summed E-state index contributed by atoms with van der Waals surface area (Å²) in [5, 5.41) is 7.12. The van der Waals surface area contributed by atoms with Gasteiger partial charge in [0.05, 0.1) is 6.54 Å². The van der Waals surface area contributed by atoms with Crippen LogP contribution in [-0.4, -0.2) is 36.1 Å². The second-order valence-corrected chi connectivity index (χ2v) is 6.78. The van der Waals surface area contributed by atoms with Crippen LogP contribution in [-0.2, 0) is 11.3 Å². The molecule has 0 bridgehead atoms. The SMILES string of the molecule is CCN(CC)c1ncc(CNCC(=O)NC(C)(C)C)s1. The molecule has 1 aromatic rings. The minimum Gasteiger partial charge on any atom is -0.350 e. The molecule has 0 saturated carbocycles. The van der Waals surface area contributed by atoms with Crippen molar-refractivity contribution >= 4 is 22.4 Å². The number of nitrogens with zero attached hydrogens (tertiary/aromatic N) is 2. The Morgan fingerprint density at radius 1 is 1.35 bits per heavy atom. The third-order valence-corrected chi connectivity index (χ3v) is 3.73. The molecule has 1 rings (SSSR count). The molecule has 1 heterocycles. The van der Waals surface area contributed by atoms with E-state index in [0.717, 1.165) is 23.1 Å². The number of aromatic nitrogens is 1. The second kappa shape index (κ2) is 7.59. The van der Waals surface area contributed by atoms with Gasteiger partial charge < -0.3 is 15.5 Å². The van der Waals surface area contributed by atoms with Gasteiger partial charge in [0.1, 0.15) is 0 Å². The summed E-state index contributed by atoms with van der Waals surface area (Å²) in [6.07, 6.45) is 1.88. The summed E-state index contributed by atoms with van der Waals surface area (Å²) in [6, 6.07) is 0. The zero-order chi connectivity index (χ0) is 15.2. The Morgan fingerprint density at radius 3 is 2.55 bits per heavy atom. The Kier molecular flexibility index (Phi) is 6.42. The molecule has 5 nitrogen and oxygen atoms in total. The first-order chi connectivity index (χ1) is 9.35. The number of carbonyl (C=O) groups is 1. The Bertz CT molecular complexity index is 421. The van der Waals surface area contributed by atoms with Crippen molar-refractivity contribution < 1.29 is 4.79 Å². The first-order valence-corrected chi connectivity index (χ1v) is 7.88. The van der Waals surface area contributed by atoms with Crippen molar-refractivity contribution in [2.45, 2.75) is 46.7 Å². The number of amides is 1. The number of thiazole rings is 1. The van der Waals surface area contributed by atoms with Crippen LogP contribution in [0, 0.1) is 0 Å². The summed E-state index contributed by atoms with van der Waals surface area (Å²) in [5.41, 5.74) is -0.181. The Balaban J connectivity index is 2.38. The molecular weight excluding hydrogens is 272 g/mol. The highest BCUT2D eigenvalue weighted by atomic mass is 32.1. The van der Waals surface area contributed by atoms with Gasteiger partial charge in [0.2, 0.25) is 5.91 Å². The fourth-order valence-corrected chi connectivity index (χ4v) is 2.79. The Morgan fingerprint density at radius 2 is 2.00 bits per heavy atom. The maximum Gasteiger partial charge on any atom is 0.234 e. The molecule has 2 N–H and O–H groups in total. The minimum absolute atomic E-state index is 0.0194. The van der Waals surface area contributed by atoms with Crippen LogP contribution >= 0.6 is 11.3 Å². The van der Waals surface area contributed by atoms with Crippen LogP contribution in [0.5, 0.6) is 0 Å². The number of nitrogens with one attached hydrogen (secondary N) is 2. The molecule has 1 aromatic heterocycles. The van der Waals surface area contributed by atoms with E-state index in [0.29, 0.717) is 13.1 Å². The number of hydrogen-bond acceptors (Lipinski definition) is 5. The van der Waals surface area contributed by atoms with Gasteiger partial charge in [-0.15, -0.1) is 11.3 Å². The van der Waals surface area contributed by atoms with Crippen LogP contribution in [0.4, 0.5) is 5.13 Å². The lowest BCUT2D eigenvalue weighted by molar-refractivity contribution is -0.121. The number of carbonyl (C=O) groups excluding carboxylic acids is 1. The second-order valence-electron chi connectivity index (χ2n) is 5.68. The van der Waals surface area contributed by atoms with E-state index in [1.165, 1.54) is 0 Å². The van der Waals surface area contributed by atoms with E-state index in [1.54, 1.807) is 11.3 Å². The summed E-state index contributed by atoms with van der Waals surface area (Å²) in [6.45, 7) is 13.1. The summed E-state index contributed by atoms with van der Waals surface area (Å²) >= 11 is 1.68.